The molecule has 0 saturated carbocycles. The fourth-order valence-corrected chi connectivity index (χ4v) is 2.36. The predicted octanol–water partition coefficient (Wildman–Crippen LogP) is 2.61. The second kappa shape index (κ2) is 6.24. The van der Waals surface area contributed by atoms with E-state index in [-0.39, 0.29) is 11.8 Å². The lowest BCUT2D eigenvalue weighted by Crippen LogP contribution is -2.51. The van der Waals surface area contributed by atoms with Gasteiger partial charge in [-0.15, -0.1) is 0 Å². The molecule has 1 aromatic carbocycles. The first-order valence-corrected chi connectivity index (χ1v) is 6.82. The van der Waals surface area contributed by atoms with Crippen LogP contribution in [0.4, 0.5) is 5.69 Å². The average Bonchev–Trinajstić information content (AvgIpc) is 2.46. The van der Waals surface area contributed by atoms with Crippen LogP contribution in [0.5, 0.6) is 0 Å². The summed E-state index contributed by atoms with van der Waals surface area (Å²) in [6.07, 6.45) is 4.07. The van der Waals surface area contributed by atoms with Gasteiger partial charge in [-0.1, -0.05) is 25.8 Å². The van der Waals surface area contributed by atoms with Crippen molar-refractivity contribution in [2.45, 2.75) is 32.6 Å². The molecule has 1 aliphatic rings. The van der Waals surface area contributed by atoms with Gasteiger partial charge in [-0.2, -0.15) is 5.26 Å². The average molecular weight is 257 g/mol. The number of unbranched alkanes of at least 4 members (excludes halogenated alkanes) is 1. The summed E-state index contributed by atoms with van der Waals surface area (Å²) < 4.78 is 0. The molecule has 1 aliphatic heterocycles. The highest BCUT2D eigenvalue weighted by atomic mass is 16.2. The first-order valence-electron chi connectivity index (χ1n) is 6.82. The lowest BCUT2D eigenvalue weighted by atomic mass is 9.96. The number of amides is 1. The molecule has 1 N–H and O–H groups in total. The third-order valence-corrected chi connectivity index (χ3v) is 3.51. The Morgan fingerprint density at radius 1 is 1.53 bits per heavy atom. The number of hydrogen-bond acceptors (Lipinski definition) is 3. The van der Waals surface area contributed by atoms with Gasteiger partial charge < -0.3 is 0 Å². The third-order valence-electron chi connectivity index (χ3n) is 3.51. The lowest BCUT2D eigenvalue weighted by Gasteiger charge is -2.33. The number of nitriles is 1. The molecule has 0 radical (unpaired) electrons. The first-order chi connectivity index (χ1) is 9.24. The standard InChI is InChI=1S/C15H19N3O/c1-2-3-6-13-8-9-18(17-15(13)19)14-7-4-5-12(10-14)11-16/h4-5,7,10,13H,2-3,6,8-9H2,1H3,(H,17,19). The van der Waals surface area contributed by atoms with Crippen molar-refractivity contribution in [3.05, 3.63) is 29.8 Å². The van der Waals surface area contributed by atoms with Crippen molar-refractivity contribution in [2.24, 2.45) is 5.92 Å². The van der Waals surface area contributed by atoms with E-state index in [1.807, 2.05) is 17.1 Å². The number of benzene rings is 1. The molecule has 4 nitrogen and oxygen atoms in total. The van der Waals surface area contributed by atoms with Gasteiger partial charge in [0.2, 0.25) is 5.91 Å². The summed E-state index contributed by atoms with van der Waals surface area (Å²) in [6, 6.07) is 9.42. The molecule has 1 unspecified atom stereocenters. The number of hydrazine groups is 1. The van der Waals surface area contributed by atoms with Crippen molar-refractivity contribution in [3.63, 3.8) is 0 Å². The van der Waals surface area contributed by atoms with Crippen LogP contribution in [0.2, 0.25) is 0 Å². The summed E-state index contributed by atoms with van der Waals surface area (Å²) in [6.45, 7) is 2.94. The number of rotatable bonds is 4. The van der Waals surface area contributed by atoms with E-state index in [1.165, 1.54) is 0 Å². The minimum atomic E-state index is 0.0991. The van der Waals surface area contributed by atoms with E-state index in [2.05, 4.69) is 18.4 Å². The van der Waals surface area contributed by atoms with Gasteiger partial charge in [0, 0.05) is 12.5 Å². The topological polar surface area (TPSA) is 56.1 Å². The molecular weight excluding hydrogens is 238 g/mol. The van der Waals surface area contributed by atoms with Gasteiger partial charge in [-0.3, -0.25) is 15.2 Å². The molecule has 1 fully saturated rings. The highest BCUT2D eigenvalue weighted by Gasteiger charge is 2.26. The second-order valence-electron chi connectivity index (χ2n) is 4.92. The Kier molecular flexibility index (Phi) is 4.40. The van der Waals surface area contributed by atoms with E-state index in [0.717, 1.165) is 37.9 Å². The van der Waals surface area contributed by atoms with Gasteiger partial charge in [0.25, 0.3) is 0 Å². The maximum Gasteiger partial charge on any atom is 0.241 e. The summed E-state index contributed by atoms with van der Waals surface area (Å²) >= 11 is 0. The van der Waals surface area contributed by atoms with Crippen LogP contribution in [0.15, 0.2) is 24.3 Å². The Morgan fingerprint density at radius 3 is 3.05 bits per heavy atom. The van der Waals surface area contributed by atoms with Gasteiger partial charge >= 0.3 is 0 Å². The van der Waals surface area contributed by atoms with E-state index in [9.17, 15) is 4.79 Å². The summed E-state index contributed by atoms with van der Waals surface area (Å²) in [5, 5.41) is 10.7. The van der Waals surface area contributed by atoms with E-state index in [1.54, 1.807) is 12.1 Å². The first kappa shape index (κ1) is 13.4. The Balaban J connectivity index is 2.01. The van der Waals surface area contributed by atoms with E-state index >= 15 is 0 Å². The molecule has 1 heterocycles. The van der Waals surface area contributed by atoms with Crippen LogP contribution < -0.4 is 10.4 Å². The van der Waals surface area contributed by atoms with Crippen LogP contribution >= 0.6 is 0 Å². The molecule has 2 rings (SSSR count). The summed E-state index contributed by atoms with van der Waals surface area (Å²) in [5.74, 6) is 0.234. The van der Waals surface area contributed by atoms with Crippen LogP contribution in [0.1, 0.15) is 38.2 Å². The molecule has 100 valence electrons. The van der Waals surface area contributed by atoms with Crippen molar-refractivity contribution in [1.82, 2.24) is 5.43 Å². The van der Waals surface area contributed by atoms with Crippen molar-refractivity contribution in [2.75, 3.05) is 11.6 Å². The Morgan fingerprint density at radius 2 is 2.37 bits per heavy atom. The minimum absolute atomic E-state index is 0.0991. The SMILES string of the molecule is CCCCC1CCN(c2cccc(C#N)c2)NC1=O. The third kappa shape index (κ3) is 3.25. The van der Waals surface area contributed by atoms with Crippen LogP contribution in [0, 0.1) is 17.2 Å². The zero-order valence-corrected chi connectivity index (χ0v) is 11.2. The van der Waals surface area contributed by atoms with Crippen LogP contribution in [0.3, 0.4) is 0 Å². The number of carbonyl (C=O) groups excluding carboxylic acids is 1. The van der Waals surface area contributed by atoms with Gasteiger partial charge in [-0.25, -0.2) is 0 Å². The molecule has 19 heavy (non-hydrogen) atoms. The molecule has 1 aromatic rings. The molecule has 0 aromatic heterocycles. The van der Waals surface area contributed by atoms with E-state index in [0.29, 0.717) is 5.56 Å². The summed E-state index contributed by atoms with van der Waals surface area (Å²) in [4.78, 5) is 12.0. The number of anilines is 1. The maximum atomic E-state index is 12.0. The quantitative estimate of drug-likeness (QED) is 0.902. The number of nitrogens with one attached hydrogen (secondary N) is 1. The maximum absolute atomic E-state index is 12.0. The fraction of sp³-hybridized carbons (Fsp3) is 0.467. The zero-order valence-electron chi connectivity index (χ0n) is 11.2. The van der Waals surface area contributed by atoms with Crippen molar-refractivity contribution < 1.29 is 4.79 Å². The van der Waals surface area contributed by atoms with Gasteiger partial charge in [-0.05, 0) is 31.0 Å². The van der Waals surface area contributed by atoms with Crippen molar-refractivity contribution in [3.8, 4) is 6.07 Å². The van der Waals surface area contributed by atoms with Gasteiger partial charge in [0.05, 0.1) is 17.3 Å². The Bertz CT molecular complexity index is 492. The minimum Gasteiger partial charge on any atom is -0.286 e. The van der Waals surface area contributed by atoms with Crippen molar-refractivity contribution >= 4 is 11.6 Å². The highest BCUT2D eigenvalue weighted by molar-refractivity contribution is 5.81. The molecular formula is C15H19N3O. The van der Waals surface area contributed by atoms with Crippen LogP contribution in [0.25, 0.3) is 0 Å². The highest BCUT2D eigenvalue weighted by Crippen LogP contribution is 2.22. The van der Waals surface area contributed by atoms with Crippen LogP contribution in [-0.2, 0) is 4.79 Å². The molecule has 1 atom stereocenters. The largest absolute Gasteiger partial charge is 0.286 e. The smallest absolute Gasteiger partial charge is 0.241 e. The number of hydrogen-bond donors (Lipinski definition) is 1. The summed E-state index contributed by atoms with van der Waals surface area (Å²) in [5.41, 5.74) is 4.42. The Labute approximate surface area is 114 Å². The zero-order chi connectivity index (χ0) is 13.7. The summed E-state index contributed by atoms with van der Waals surface area (Å²) in [7, 11) is 0. The lowest BCUT2D eigenvalue weighted by molar-refractivity contribution is -0.126. The fourth-order valence-electron chi connectivity index (χ4n) is 2.36. The molecule has 0 bridgehead atoms. The molecule has 0 spiro atoms. The van der Waals surface area contributed by atoms with Crippen molar-refractivity contribution in [1.29, 1.82) is 5.26 Å². The van der Waals surface area contributed by atoms with Gasteiger partial charge in [0.1, 0.15) is 0 Å². The van der Waals surface area contributed by atoms with Gasteiger partial charge in [0.15, 0.2) is 0 Å². The monoisotopic (exact) mass is 257 g/mol. The molecule has 1 saturated heterocycles. The second-order valence-corrected chi connectivity index (χ2v) is 4.92. The number of carbonyl (C=O) groups is 1. The normalized spacial score (nSPS) is 18.8. The molecule has 1 amide bonds. The predicted molar refractivity (Wildman–Crippen MR) is 74.3 cm³/mol. The van der Waals surface area contributed by atoms with Crippen LogP contribution in [-0.4, -0.2) is 12.5 Å². The Hall–Kier alpha value is -2.02. The van der Waals surface area contributed by atoms with E-state index < -0.39 is 0 Å². The molecule has 4 heteroatoms. The number of nitrogens with zero attached hydrogens (tertiary/aromatic N) is 2. The molecule has 0 aliphatic carbocycles. The van der Waals surface area contributed by atoms with E-state index in [4.69, 9.17) is 5.26 Å².